The number of hydrogen-bond acceptors (Lipinski definition) is 6. The Balaban J connectivity index is 1.59. The second-order valence-electron chi connectivity index (χ2n) is 7.32. The molecule has 1 aromatic heterocycles. The summed E-state index contributed by atoms with van der Waals surface area (Å²) in [5.41, 5.74) is 2.38. The van der Waals surface area contributed by atoms with E-state index in [2.05, 4.69) is 35.7 Å². The van der Waals surface area contributed by atoms with Crippen LogP contribution in [0.2, 0.25) is 0 Å². The van der Waals surface area contributed by atoms with E-state index in [9.17, 15) is 13.6 Å². The zero-order chi connectivity index (χ0) is 21.0. The summed E-state index contributed by atoms with van der Waals surface area (Å²) in [5, 5.41) is 8.10. The highest BCUT2D eigenvalue weighted by molar-refractivity contribution is 7.99. The van der Waals surface area contributed by atoms with Crippen molar-refractivity contribution in [1.82, 2.24) is 10.2 Å². The smallest absolute Gasteiger partial charge is 0.387 e. The van der Waals surface area contributed by atoms with Gasteiger partial charge in [-0.1, -0.05) is 56.8 Å². The van der Waals surface area contributed by atoms with E-state index < -0.39 is 6.61 Å². The molecule has 3 aromatic rings. The Labute approximate surface area is 171 Å². The predicted octanol–water partition coefficient (Wildman–Crippen LogP) is 5.61. The second-order valence-corrected chi connectivity index (χ2v) is 8.24. The van der Waals surface area contributed by atoms with Gasteiger partial charge in [0.1, 0.15) is 5.75 Å². The zero-order valence-electron chi connectivity index (χ0n) is 16.2. The Hall–Kier alpha value is -2.74. The third-order valence-electron chi connectivity index (χ3n) is 4.13. The zero-order valence-corrected chi connectivity index (χ0v) is 17.0. The molecule has 0 aliphatic carbocycles. The Morgan fingerprint density at radius 1 is 1.07 bits per heavy atom. The maximum absolute atomic E-state index is 12.4. The molecular formula is C21H20F2N2O3S. The van der Waals surface area contributed by atoms with E-state index in [1.807, 2.05) is 24.3 Å². The van der Waals surface area contributed by atoms with Gasteiger partial charge in [0, 0.05) is 11.1 Å². The predicted molar refractivity (Wildman–Crippen MR) is 107 cm³/mol. The molecule has 8 heteroatoms. The number of benzene rings is 2. The third kappa shape index (κ3) is 5.63. The molecule has 29 heavy (non-hydrogen) atoms. The van der Waals surface area contributed by atoms with E-state index in [1.54, 1.807) is 12.1 Å². The van der Waals surface area contributed by atoms with Gasteiger partial charge in [0.15, 0.2) is 5.78 Å². The van der Waals surface area contributed by atoms with Crippen LogP contribution in [0.4, 0.5) is 8.78 Å². The van der Waals surface area contributed by atoms with Crippen molar-refractivity contribution < 1.29 is 22.7 Å². The molecule has 152 valence electrons. The maximum Gasteiger partial charge on any atom is 0.387 e. The average molecular weight is 418 g/mol. The van der Waals surface area contributed by atoms with Crippen molar-refractivity contribution in [2.45, 2.75) is 38.0 Å². The standard InChI is InChI=1S/C21H20F2N2O3S/c1-21(2,3)15-8-4-13(5-9-15)17(26)12-29-20-25-24-18(28-20)14-6-10-16(11-7-14)27-19(22)23/h4-11,19H,12H2,1-3H3. The molecule has 0 aliphatic rings. The summed E-state index contributed by atoms with van der Waals surface area (Å²) in [6.07, 6.45) is 0. The van der Waals surface area contributed by atoms with E-state index in [4.69, 9.17) is 4.42 Å². The number of halogens is 2. The summed E-state index contributed by atoms with van der Waals surface area (Å²) in [7, 11) is 0. The van der Waals surface area contributed by atoms with Crippen LogP contribution in [0.15, 0.2) is 58.2 Å². The minimum Gasteiger partial charge on any atom is -0.435 e. The molecule has 0 spiro atoms. The average Bonchev–Trinajstić information content (AvgIpc) is 3.15. The number of thioether (sulfide) groups is 1. The van der Waals surface area contributed by atoms with E-state index >= 15 is 0 Å². The number of nitrogens with zero attached hydrogens (tertiary/aromatic N) is 2. The molecule has 0 saturated carbocycles. The third-order valence-corrected chi connectivity index (χ3v) is 4.95. The molecule has 0 atom stereocenters. The number of carbonyl (C=O) groups is 1. The van der Waals surface area contributed by atoms with Gasteiger partial charge in [0.25, 0.3) is 5.22 Å². The molecule has 3 rings (SSSR count). The fourth-order valence-electron chi connectivity index (χ4n) is 2.53. The first-order chi connectivity index (χ1) is 13.7. The topological polar surface area (TPSA) is 65.2 Å². The van der Waals surface area contributed by atoms with Gasteiger partial charge in [0.2, 0.25) is 5.89 Å². The Morgan fingerprint density at radius 2 is 1.72 bits per heavy atom. The van der Waals surface area contributed by atoms with Crippen molar-refractivity contribution >= 4 is 17.5 Å². The molecule has 0 radical (unpaired) electrons. The van der Waals surface area contributed by atoms with Gasteiger partial charge in [0.05, 0.1) is 5.75 Å². The van der Waals surface area contributed by atoms with Crippen molar-refractivity contribution in [2.75, 3.05) is 5.75 Å². The Kier molecular flexibility index (Phi) is 6.32. The van der Waals surface area contributed by atoms with Gasteiger partial charge in [-0.05, 0) is 35.2 Å². The van der Waals surface area contributed by atoms with E-state index in [-0.39, 0.29) is 33.8 Å². The van der Waals surface area contributed by atoms with Crippen LogP contribution in [0.25, 0.3) is 11.5 Å². The number of hydrogen-bond donors (Lipinski definition) is 0. The summed E-state index contributed by atoms with van der Waals surface area (Å²) in [5.74, 6) is 0.403. The Morgan fingerprint density at radius 3 is 2.31 bits per heavy atom. The second kappa shape index (κ2) is 8.73. The van der Waals surface area contributed by atoms with Gasteiger partial charge in [-0.3, -0.25) is 4.79 Å². The van der Waals surface area contributed by atoms with Crippen molar-refractivity contribution in [2.24, 2.45) is 0 Å². The van der Waals surface area contributed by atoms with Crippen LogP contribution in [0, 0.1) is 0 Å². The fourth-order valence-corrected chi connectivity index (χ4v) is 3.19. The van der Waals surface area contributed by atoms with E-state index in [1.165, 1.54) is 12.1 Å². The normalized spacial score (nSPS) is 11.7. The summed E-state index contributed by atoms with van der Waals surface area (Å²) in [6, 6.07) is 13.4. The minimum atomic E-state index is -2.88. The van der Waals surface area contributed by atoms with Crippen LogP contribution in [-0.2, 0) is 5.41 Å². The summed E-state index contributed by atoms with van der Waals surface area (Å²) < 4.78 is 34.2. The van der Waals surface area contributed by atoms with E-state index in [0.29, 0.717) is 11.1 Å². The van der Waals surface area contributed by atoms with Crippen molar-refractivity contribution in [3.8, 4) is 17.2 Å². The number of carbonyl (C=O) groups excluding carboxylic acids is 1. The summed E-state index contributed by atoms with van der Waals surface area (Å²) in [4.78, 5) is 12.4. The largest absolute Gasteiger partial charge is 0.435 e. The van der Waals surface area contributed by atoms with Crippen LogP contribution in [-0.4, -0.2) is 28.3 Å². The lowest BCUT2D eigenvalue weighted by Crippen LogP contribution is -2.11. The molecule has 5 nitrogen and oxygen atoms in total. The van der Waals surface area contributed by atoms with Crippen LogP contribution in [0.5, 0.6) is 5.75 Å². The number of ketones is 1. The van der Waals surface area contributed by atoms with Crippen LogP contribution in [0.3, 0.4) is 0 Å². The van der Waals surface area contributed by atoms with Crippen molar-refractivity contribution in [3.05, 3.63) is 59.7 Å². The first kappa shape index (κ1) is 21.0. The first-order valence-corrected chi connectivity index (χ1v) is 9.86. The molecule has 1 heterocycles. The quantitative estimate of drug-likeness (QED) is 0.367. The highest BCUT2D eigenvalue weighted by atomic mass is 32.2. The van der Waals surface area contributed by atoms with Gasteiger partial charge in [-0.2, -0.15) is 8.78 Å². The number of ether oxygens (including phenoxy) is 1. The highest BCUT2D eigenvalue weighted by Gasteiger charge is 2.16. The first-order valence-electron chi connectivity index (χ1n) is 8.87. The molecule has 0 N–H and O–H groups in total. The number of alkyl halides is 2. The number of rotatable bonds is 7. The van der Waals surface area contributed by atoms with E-state index in [0.717, 1.165) is 17.3 Å². The fraction of sp³-hybridized carbons (Fsp3) is 0.286. The van der Waals surface area contributed by atoms with Crippen molar-refractivity contribution in [3.63, 3.8) is 0 Å². The molecule has 0 unspecified atom stereocenters. The molecule has 0 saturated heterocycles. The molecule has 0 amide bonds. The molecule has 2 aromatic carbocycles. The molecular weight excluding hydrogens is 398 g/mol. The van der Waals surface area contributed by atoms with Gasteiger partial charge in [-0.15, -0.1) is 10.2 Å². The Bertz CT molecular complexity index is 965. The van der Waals surface area contributed by atoms with Crippen LogP contribution in [0.1, 0.15) is 36.7 Å². The number of Topliss-reactive ketones (excluding diaryl/α,β-unsaturated/α-hetero) is 1. The SMILES string of the molecule is CC(C)(C)c1ccc(C(=O)CSc2nnc(-c3ccc(OC(F)F)cc3)o2)cc1. The molecule has 0 bridgehead atoms. The summed E-state index contributed by atoms with van der Waals surface area (Å²) in [6.45, 7) is 3.47. The number of aromatic nitrogens is 2. The molecule has 0 aliphatic heterocycles. The summed E-state index contributed by atoms with van der Waals surface area (Å²) >= 11 is 1.15. The van der Waals surface area contributed by atoms with Crippen LogP contribution >= 0.6 is 11.8 Å². The monoisotopic (exact) mass is 418 g/mol. The maximum atomic E-state index is 12.4. The molecule has 0 fully saturated rings. The van der Waals surface area contributed by atoms with Gasteiger partial charge >= 0.3 is 6.61 Å². The van der Waals surface area contributed by atoms with Crippen LogP contribution < -0.4 is 4.74 Å². The van der Waals surface area contributed by atoms with Gasteiger partial charge < -0.3 is 9.15 Å². The lowest BCUT2D eigenvalue weighted by molar-refractivity contribution is -0.0498. The van der Waals surface area contributed by atoms with Crippen molar-refractivity contribution in [1.29, 1.82) is 0 Å². The lowest BCUT2D eigenvalue weighted by atomic mass is 9.86. The lowest BCUT2D eigenvalue weighted by Gasteiger charge is -2.18. The highest BCUT2D eigenvalue weighted by Crippen LogP contribution is 2.26. The van der Waals surface area contributed by atoms with Gasteiger partial charge in [-0.25, -0.2) is 0 Å². The minimum absolute atomic E-state index is 0.0280.